The highest BCUT2D eigenvalue weighted by Crippen LogP contribution is 2.07. The highest BCUT2D eigenvalue weighted by molar-refractivity contribution is 6.31. The summed E-state index contributed by atoms with van der Waals surface area (Å²) in [5.41, 5.74) is 4.80. The molecule has 1 aromatic heterocycles. The third-order valence-electron chi connectivity index (χ3n) is 2.69. The van der Waals surface area contributed by atoms with E-state index in [-0.39, 0.29) is 29.3 Å². The molecule has 0 aliphatic heterocycles. The van der Waals surface area contributed by atoms with Gasteiger partial charge in [0.25, 0.3) is 5.56 Å². The molecule has 0 aliphatic carbocycles. The molecule has 1 amide bonds. The van der Waals surface area contributed by atoms with Gasteiger partial charge < -0.3 is 11.1 Å². The largest absolute Gasteiger partial charge is 0.392 e. The lowest BCUT2D eigenvalue weighted by atomic mass is 10.2. The molecule has 0 spiro atoms. The van der Waals surface area contributed by atoms with Gasteiger partial charge in [-0.05, 0) is 12.8 Å². The van der Waals surface area contributed by atoms with Gasteiger partial charge in [-0.1, -0.05) is 25.4 Å². The third kappa shape index (κ3) is 3.46. The van der Waals surface area contributed by atoms with Gasteiger partial charge in [-0.15, -0.1) is 0 Å². The zero-order valence-electron chi connectivity index (χ0n) is 10.4. The number of nitrogen functional groups attached to an aromatic ring is 1. The highest BCUT2D eigenvalue weighted by Gasteiger charge is 2.12. The Morgan fingerprint density at radius 1 is 1.56 bits per heavy atom. The Hall–Kier alpha value is -1.56. The second-order valence-corrected chi connectivity index (χ2v) is 4.32. The van der Waals surface area contributed by atoms with E-state index in [0.29, 0.717) is 0 Å². The van der Waals surface area contributed by atoms with Crippen molar-refractivity contribution >= 4 is 23.2 Å². The standard InChI is InChI=1S/C11H17ClN4O2/c1-3-7(4-2)15-8(17)5-16-6-14-10(12)9(13)11(16)18/h6-7H,3-5,13H2,1-2H3,(H,15,17). The molecule has 3 N–H and O–H groups in total. The van der Waals surface area contributed by atoms with Crippen molar-refractivity contribution in [2.45, 2.75) is 39.3 Å². The number of nitrogens with two attached hydrogens (primary N) is 1. The molecule has 0 aliphatic rings. The zero-order chi connectivity index (χ0) is 13.7. The molecular weight excluding hydrogens is 256 g/mol. The van der Waals surface area contributed by atoms with Crippen LogP contribution < -0.4 is 16.6 Å². The van der Waals surface area contributed by atoms with E-state index >= 15 is 0 Å². The van der Waals surface area contributed by atoms with Crippen LogP contribution in [0.25, 0.3) is 0 Å². The predicted molar refractivity (Wildman–Crippen MR) is 70.4 cm³/mol. The molecule has 100 valence electrons. The molecule has 0 radical (unpaired) electrons. The first kappa shape index (κ1) is 14.5. The summed E-state index contributed by atoms with van der Waals surface area (Å²) in [7, 11) is 0. The van der Waals surface area contributed by atoms with Crippen LogP contribution in [0.15, 0.2) is 11.1 Å². The fourth-order valence-electron chi connectivity index (χ4n) is 1.52. The van der Waals surface area contributed by atoms with Crippen LogP contribution in [0.5, 0.6) is 0 Å². The summed E-state index contributed by atoms with van der Waals surface area (Å²) in [6.45, 7) is 3.87. The molecule has 0 fully saturated rings. The second-order valence-electron chi connectivity index (χ2n) is 3.96. The maximum atomic E-state index is 11.7. The minimum Gasteiger partial charge on any atom is -0.392 e. The first-order valence-electron chi connectivity index (χ1n) is 5.79. The number of carbonyl (C=O) groups excluding carboxylic acids is 1. The van der Waals surface area contributed by atoms with E-state index in [2.05, 4.69) is 10.3 Å². The number of nitrogens with one attached hydrogen (secondary N) is 1. The molecule has 18 heavy (non-hydrogen) atoms. The maximum Gasteiger partial charge on any atom is 0.278 e. The van der Waals surface area contributed by atoms with Gasteiger partial charge in [0.2, 0.25) is 5.91 Å². The van der Waals surface area contributed by atoms with E-state index in [1.807, 2.05) is 13.8 Å². The van der Waals surface area contributed by atoms with Crippen molar-refractivity contribution in [2.24, 2.45) is 0 Å². The number of rotatable bonds is 5. The van der Waals surface area contributed by atoms with E-state index in [1.165, 1.54) is 6.33 Å². The van der Waals surface area contributed by atoms with Crippen molar-refractivity contribution in [3.05, 3.63) is 21.8 Å². The van der Waals surface area contributed by atoms with Crippen molar-refractivity contribution in [2.75, 3.05) is 5.73 Å². The number of nitrogens with zero attached hydrogens (tertiary/aromatic N) is 2. The Kier molecular flexibility index (Phi) is 5.15. The van der Waals surface area contributed by atoms with Gasteiger partial charge in [-0.2, -0.15) is 0 Å². The van der Waals surface area contributed by atoms with Crippen molar-refractivity contribution in [3.63, 3.8) is 0 Å². The molecule has 0 bridgehead atoms. The second kappa shape index (κ2) is 6.39. The zero-order valence-corrected chi connectivity index (χ0v) is 11.2. The summed E-state index contributed by atoms with van der Waals surface area (Å²) < 4.78 is 1.14. The number of anilines is 1. The molecule has 0 atom stereocenters. The molecule has 6 nitrogen and oxygen atoms in total. The smallest absolute Gasteiger partial charge is 0.278 e. The molecule has 7 heteroatoms. The number of hydrogen-bond donors (Lipinski definition) is 2. The van der Waals surface area contributed by atoms with Gasteiger partial charge in [-0.3, -0.25) is 14.2 Å². The Morgan fingerprint density at radius 3 is 2.72 bits per heavy atom. The summed E-state index contributed by atoms with van der Waals surface area (Å²) in [5.74, 6) is -0.241. The summed E-state index contributed by atoms with van der Waals surface area (Å²) in [5, 5.41) is 2.78. The Morgan fingerprint density at radius 2 is 2.17 bits per heavy atom. The number of carbonyl (C=O) groups is 1. The monoisotopic (exact) mass is 272 g/mol. The van der Waals surface area contributed by atoms with E-state index in [4.69, 9.17) is 17.3 Å². The fraction of sp³-hybridized carbons (Fsp3) is 0.545. The van der Waals surface area contributed by atoms with Crippen molar-refractivity contribution in [1.29, 1.82) is 0 Å². The normalized spacial score (nSPS) is 10.7. The lowest BCUT2D eigenvalue weighted by Gasteiger charge is -2.15. The quantitative estimate of drug-likeness (QED) is 0.775. The number of halogens is 1. The van der Waals surface area contributed by atoms with E-state index in [1.54, 1.807) is 0 Å². The Balaban J connectivity index is 2.77. The summed E-state index contributed by atoms with van der Waals surface area (Å²) in [4.78, 5) is 27.1. The van der Waals surface area contributed by atoms with Crippen LogP contribution in [0.1, 0.15) is 26.7 Å². The minimum absolute atomic E-state index is 0.0448. The molecule has 0 saturated carbocycles. The molecule has 1 rings (SSSR count). The van der Waals surface area contributed by atoms with Crippen LogP contribution in [0.4, 0.5) is 5.69 Å². The van der Waals surface area contributed by atoms with Gasteiger partial charge in [0.05, 0.1) is 6.33 Å². The van der Waals surface area contributed by atoms with Crippen LogP contribution in [-0.4, -0.2) is 21.5 Å². The van der Waals surface area contributed by atoms with E-state index in [0.717, 1.165) is 17.4 Å². The molecule has 0 aromatic carbocycles. The van der Waals surface area contributed by atoms with Crippen LogP contribution in [0.3, 0.4) is 0 Å². The summed E-state index contributed by atoms with van der Waals surface area (Å²) in [6.07, 6.45) is 2.91. The Bertz CT molecular complexity index is 482. The third-order valence-corrected chi connectivity index (χ3v) is 2.99. The highest BCUT2D eigenvalue weighted by atomic mass is 35.5. The predicted octanol–water partition coefficient (Wildman–Crippen LogP) is 0.784. The minimum atomic E-state index is -0.505. The van der Waals surface area contributed by atoms with Crippen molar-refractivity contribution < 1.29 is 4.79 Å². The Labute approximate surface area is 110 Å². The summed E-state index contributed by atoms with van der Waals surface area (Å²) >= 11 is 5.60. The topological polar surface area (TPSA) is 90.0 Å². The lowest BCUT2D eigenvalue weighted by Crippen LogP contribution is -2.38. The van der Waals surface area contributed by atoms with Gasteiger partial charge in [0, 0.05) is 6.04 Å². The number of hydrogen-bond acceptors (Lipinski definition) is 4. The van der Waals surface area contributed by atoms with Gasteiger partial charge in [0.1, 0.15) is 12.2 Å². The molecule has 1 heterocycles. The van der Waals surface area contributed by atoms with Crippen LogP contribution in [-0.2, 0) is 11.3 Å². The molecule has 0 saturated heterocycles. The van der Waals surface area contributed by atoms with Crippen molar-refractivity contribution in [3.8, 4) is 0 Å². The number of aromatic nitrogens is 2. The lowest BCUT2D eigenvalue weighted by molar-refractivity contribution is -0.122. The summed E-state index contributed by atoms with van der Waals surface area (Å²) in [6, 6.07) is 0.116. The van der Waals surface area contributed by atoms with Crippen molar-refractivity contribution in [1.82, 2.24) is 14.9 Å². The first-order chi connectivity index (χ1) is 8.49. The maximum absolute atomic E-state index is 11.7. The van der Waals surface area contributed by atoms with Gasteiger partial charge >= 0.3 is 0 Å². The van der Waals surface area contributed by atoms with Crippen LogP contribution >= 0.6 is 11.6 Å². The van der Waals surface area contributed by atoms with Crippen LogP contribution in [0.2, 0.25) is 5.15 Å². The molecule has 0 unspecified atom stereocenters. The van der Waals surface area contributed by atoms with Gasteiger partial charge in [0.15, 0.2) is 5.15 Å². The van der Waals surface area contributed by atoms with E-state index in [9.17, 15) is 9.59 Å². The van der Waals surface area contributed by atoms with Gasteiger partial charge in [-0.25, -0.2) is 4.98 Å². The van der Waals surface area contributed by atoms with E-state index < -0.39 is 5.56 Å². The van der Waals surface area contributed by atoms with Crippen LogP contribution in [0, 0.1) is 0 Å². The number of amides is 1. The average Bonchev–Trinajstić information content (AvgIpc) is 2.36. The SMILES string of the molecule is CCC(CC)NC(=O)Cn1cnc(Cl)c(N)c1=O. The molecular formula is C11H17ClN4O2. The first-order valence-corrected chi connectivity index (χ1v) is 6.17. The molecule has 1 aromatic rings. The fourth-order valence-corrected chi connectivity index (χ4v) is 1.64. The average molecular weight is 273 g/mol.